The van der Waals surface area contributed by atoms with Crippen molar-refractivity contribution in [1.82, 2.24) is 0 Å². The molecular weight excluding hydrogens is 711 g/mol. The minimum absolute atomic E-state index is 0.122. The average molecular weight is 752 g/mol. The van der Waals surface area contributed by atoms with Crippen molar-refractivity contribution >= 4 is 17.1 Å². The highest BCUT2D eigenvalue weighted by atomic mass is 15.1. The molecule has 1 nitrogen and oxygen atoms in total. The maximum Gasteiger partial charge on any atom is 0.0725 e. The number of hydrogen-bond acceptors (Lipinski definition) is 1. The van der Waals surface area contributed by atoms with E-state index >= 15 is 0 Å². The summed E-state index contributed by atoms with van der Waals surface area (Å²) in [6, 6.07) is 79.4. The molecule has 9 aromatic carbocycles. The fourth-order valence-electron chi connectivity index (χ4n) is 10.9. The van der Waals surface area contributed by atoms with E-state index in [-0.39, 0.29) is 5.41 Å². The van der Waals surface area contributed by atoms with Gasteiger partial charge in [0.2, 0.25) is 0 Å². The van der Waals surface area contributed by atoms with Gasteiger partial charge in [-0.2, -0.15) is 0 Å². The van der Waals surface area contributed by atoms with E-state index in [1.54, 1.807) is 0 Å². The summed E-state index contributed by atoms with van der Waals surface area (Å²) >= 11 is 0. The van der Waals surface area contributed by atoms with Crippen molar-refractivity contribution in [3.63, 3.8) is 0 Å². The van der Waals surface area contributed by atoms with Crippen LogP contribution < -0.4 is 4.90 Å². The predicted octanol–water partition coefficient (Wildman–Crippen LogP) is 15.1. The van der Waals surface area contributed by atoms with Crippen molar-refractivity contribution in [2.24, 2.45) is 0 Å². The molecule has 0 radical (unpaired) electrons. The standard InChI is InChI=1S/C58H41N/c1-57(2)51-23-11-6-19-45(51)49-35-33-42(37-56(49)57)59(40-30-28-39(29-31-40)38-16-4-3-5-17-38)41-32-34-43-44-18-7-12-24-52(44)58(55-27-15-10-22-48(55)50(43)36-41)53-25-13-8-20-46(53)47-21-9-14-26-54(47)58/h3-37H,1-2H3. The quantitative estimate of drug-likeness (QED) is 0.173. The van der Waals surface area contributed by atoms with E-state index in [1.165, 1.54) is 89.0 Å². The van der Waals surface area contributed by atoms with Gasteiger partial charge in [-0.15, -0.1) is 0 Å². The molecule has 0 heterocycles. The van der Waals surface area contributed by atoms with Crippen LogP contribution in [0.3, 0.4) is 0 Å². The average Bonchev–Trinajstić information content (AvgIpc) is 3.68. The molecule has 0 aromatic heterocycles. The Morgan fingerprint density at radius 1 is 0.271 bits per heavy atom. The van der Waals surface area contributed by atoms with Crippen LogP contribution in [0.15, 0.2) is 212 Å². The number of fused-ring (bicyclic) bond motifs is 15. The molecule has 59 heavy (non-hydrogen) atoms. The molecule has 1 spiro atoms. The van der Waals surface area contributed by atoms with Crippen molar-refractivity contribution in [3.8, 4) is 55.6 Å². The molecule has 0 saturated carbocycles. The summed E-state index contributed by atoms with van der Waals surface area (Å²) in [4.78, 5) is 2.46. The summed E-state index contributed by atoms with van der Waals surface area (Å²) < 4.78 is 0. The van der Waals surface area contributed by atoms with Gasteiger partial charge in [0.05, 0.1) is 5.41 Å². The van der Waals surface area contributed by atoms with Crippen LogP contribution in [-0.4, -0.2) is 0 Å². The monoisotopic (exact) mass is 751 g/mol. The Morgan fingerprint density at radius 3 is 1.20 bits per heavy atom. The number of rotatable bonds is 4. The highest BCUT2D eigenvalue weighted by Gasteiger charge is 2.49. The normalized spacial score (nSPS) is 14.2. The third kappa shape index (κ3) is 4.73. The SMILES string of the molecule is CC1(C)c2ccccc2-c2ccc(N(c3ccc(-c4ccccc4)cc3)c3ccc4c(c3)-c3ccccc3C3(c5ccccc5-4)c4ccccc4-c4ccccc43)cc21. The van der Waals surface area contributed by atoms with Crippen LogP contribution in [0.4, 0.5) is 17.1 Å². The Balaban J connectivity index is 1.10. The van der Waals surface area contributed by atoms with E-state index in [9.17, 15) is 0 Å². The smallest absolute Gasteiger partial charge is 0.0725 e. The van der Waals surface area contributed by atoms with Crippen LogP contribution in [0.1, 0.15) is 47.2 Å². The van der Waals surface area contributed by atoms with E-state index in [0.717, 1.165) is 17.1 Å². The Hall–Kier alpha value is -7.22. The first-order valence-corrected chi connectivity index (χ1v) is 20.8. The Bertz CT molecular complexity index is 3090. The van der Waals surface area contributed by atoms with Gasteiger partial charge in [-0.3, -0.25) is 0 Å². The minimum atomic E-state index is -0.479. The first-order valence-electron chi connectivity index (χ1n) is 20.8. The second kappa shape index (κ2) is 12.6. The molecule has 3 aliphatic carbocycles. The lowest BCUT2D eigenvalue weighted by atomic mass is 9.66. The number of nitrogens with zero attached hydrogens (tertiary/aromatic N) is 1. The molecule has 0 saturated heterocycles. The van der Waals surface area contributed by atoms with Crippen LogP contribution in [0.5, 0.6) is 0 Å². The second-order valence-electron chi connectivity index (χ2n) is 16.8. The largest absolute Gasteiger partial charge is 0.310 e. The topological polar surface area (TPSA) is 3.24 Å². The lowest BCUT2D eigenvalue weighted by Gasteiger charge is -2.35. The van der Waals surface area contributed by atoms with Gasteiger partial charge in [-0.1, -0.05) is 190 Å². The van der Waals surface area contributed by atoms with Crippen LogP contribution >= 0.6 is 0 Å². The molecule has 1 heteroatoms. The molecule has 278 valence electrons. The van der Waals surface area contributed by atoms with E-state index in [2.05, 4.69) is 231 Å². The Labute approximate surface area is 346 Å². The number of hydrogen-bond donors (Lipinski definition) is 0. The van der Waals surface area contributed by atoms with Gasteiger partial charge in [0, 0.05) is 22.5 Å². The van der Waals surface area contributed by atoms with E-state index in [4.69, 9.17) is 0 Å². The second-order valence-corrected chi connectivity index (χ2v) is 16.8. The van der Waals surface area contributed by atoms with Crippen LogP contribution in [-0.2, 0) is 10.8 Å². The highest BCUT2D eigenvalue weighted by molar-refractivity contribution is 5.99. The molecule has 3 aliphatic rings. The van der Waals surface area contributed by atoms with Gasteiger partial charge in [0.1, 0.15) is 0 Å². The zero-order valence-corrected chi connectivity index (χ0v) is 33.2. The van der Waals surface area contributed by atoms with Crippen molar-refractivity contribution in [2.75, 3.05) is 4.90 Å². The number of benzene rings is 9. The summed E-state index contributed by atoms with van der Waals surface area (Å²) in [5.41, 5.74) is 23.6. The van der Waals surface area contributed by atoms with Gasteiger partial charge in [-0.25, -0.2) is 0 Å². The van der Waals surface area contributed by atoms with Gasteiger partial charge >= 0.3 is 0 Å². The van der Waals surface area contributed by atoms with Crippen molar-refractivity contribution in [1.29, 1.82) is 0 Å². The van der Waals surface area contributed by atoms with Crippen molar-refractivity contribution < 1.29 is 0 Å². The predicted molar refractivity (Wildman–Crippen MR) is 246 cm³/mol. The summed E-state index contributed by atoms with van der Waals surface area (Å²) in [5.74, 6) is 0. The zero-order chi connectivity index (χ0) is 39.3. The molecule has 0 atom stereocenters. The van der Waals surface area contributed by atoms with Gasteiger partial charge in [0.15, 0.2) is 0 Å². The molecule has 0 unspecified atom stereocenters. The molecule has 0 bridgehead atoms. The summed E-state index contributed by atoms with van der Waals surface area (Å²) in [7, 11) is 0. The van der Waals surface area contributed by atoms with Gasteiger partial charge in [-0.05, 0) is 125 Å². The van der Waals surface area contributed by atoms with Gasteiger partial charge in [0.25, 0.3) is 0 Å². The van der Waals surface area contributed by atoms with E-state index < -0.39 is 5.41 Å². The highest BCUT2D eigenvalue weighted by Crippen LogP contribution is 2.62. The maximum absolute atomic E-state index is 2.46. The van der Waals surface area contributed by atoms with E-state index in [0.29, 0.717) is 0 Å². The fraction of sp³-hybridized carbons (Fsp3) is 0.0690. The molecule has 9 aromatic rings. The summed E-state index contributed by atoms with van der Waals surface area (Å²) in [5, 5.41) is 0. The summed E-state index contributed by atoms with van der Waals surface area (Å²) in [6.45, 7) is 4.73. The first-order chi connectivity index (χ1) is 29.0. The third-order valence-electron chi connectivity index (χ3n) is 13.5. The molecular formula is C58H41N. The molecule has 0 amide bonds. The van der Waals surface area contributed by atoms with Crippen LogP contribution in [0.2, 0.25) is 0 Å². The van der Waals surface area contributed by atoms with Crippen molar-refractivity contribution in [2.45, 2.75) is 24.7 Å². The Morgan fingerprint density at radius 2 is 0.644 bits per heavy atom. The lowest BCUT2D eigenvalue weighted by molar-refractivity contribution is 0.660. The van der Waals surface area contributed by atoms with Crippen LogP contribution in [0, 0.1) is 0 Å². The summed E-state index contributed by atoms with van der Waals surface area (Å²) in [6.07, 6.45) is 0. The lowest BCUT2D eigenvalue weighted by Crippen LogP contribution is -2.29. The molecule has 12 rings (SSSR count). The third-order valence-corrected chi connectivity index (χ3v) is 13.5. The Kier molecular flexibility index (Phi) is 7.26. The van der Waals surface area contributed by atoms with Crippen molar-refractivity contribution in [3.05, 3.63) is 246 Å². The maximum atomic E-state index is 2.46. The van der Waals surface area contributed by atoms with E-state index in [1.807, 2.05) is 0 Å². The fourth-order valence-corrected chi connectivity index (χ4v) is 10.9. The van der Waals surface area contributed by atoms with Crippen LogP contribution in [0.25, 0.3) is 55.6 Å². The molecule has 0 aliphatic heterocycles. The molecule has 0 fully saturated rings. The first kappa shape index (κ1) is 33.9. The number of anilines is 3. The van der Waals surface area contributed by atoms with Gasteiger partial charge < -0.3 is 4.90 Å². The molecule has 0 N–H and O–H groups in total. The zero-order valence-electron chi connectivity index (χ0n) is 33.2. The minimum Gasteiger partial charge on any atom is -0.310 e.